The summed E-state index contributed by atoms with van der Waals surface area (Å²) in [5.74, 6) is -0.261. The maximum atomic E-state index is 15.0. The minimum absolute atomic E-state index is 0.261. The van der Waals surface area contributed by atoms with Crippen LogP contribution in [0, 0.1) is 26.6 Å². The molecule has 0 spiro atoms. The zero-order valence-corrected chi connectivity index (χ0v) is 18.1. The lowest BCUT2D eigenvalue weighted by molar-refractivity contribution is 0.249. The zero-order valence-electron chi connectivity index (χ0n) is 18.1. The third kappa shape index (κ3) is 4.03. The van der Waals surface area contributed by atoms with Gasteiger partial charge in [0.2, 0.25) is 0 Å². The Morgan fingerprint density at radius 2 is 1.80 bits per heavy atom. The SMILES string of the molecule is CNc1cc(CN2CCN(c3ccc(C)nc3C)CC2)cc(F)c1-n1nccc1C. The number of rotatable bonds is 5. The second-order valence-electron chi connectivity index (χ2n) is 7.93. The molecule has 7 heteroatoms. The monoisotopic (exact) mass is 408 g/mol. The van der Waals surface area contributed by atoms with Crippen LogP contribution >= 0.6 is 0 Å². The molecule has 0 saturated carbocycles. The van der Waals surface area contributed by atoms with Crippen molar-refractivity contribution in [3.63, 3.8) is 0 Å². The van der Waals surface area contributed by atoms with Crippen LogP contribution in [0.2, 0.25) is 0 Å². The van der Waals surface area contributed by atoms with Crippen LogP contribution in [0.3, 0.4) is 0 Å². The second-order valence-corrected chi connectivity index (χ2v) is 7.93. The van der Waals surface area contributed by atoms with Crippen molar-refractivity contribution >= 4 is 11.4 Å². The van der Waals surface area contributed by atoms with Gasteiger partial charge in [-0.2, -0.15) is 5.10 Å². The molecular weight excluding hydrogens is 379 g/mol. The van der Waals surface area contributed by atoms with Crippen LogP contribution in [-0.4, -0.2) is 52.9 Å². The predicted octanol–water partition coefficient (Wildman–Crippen LogP) is 3.70. The first-order chi connectivity index (χ1) is 14.5. The van der Waals surface area contributed by atoms with Gasteiger partial charge >= 0.3 is 0 Å². The number of nitrogens with one attached hydrogen (secondary N) is 1. The Hall–Kier alpha value is -2.93. The molecule has 3 aromatic rings. The summed E-state index contributed by atoms with van der Waals surface area (Å²) >= 11 is 0. The molecule has 0 atom stereocenters. The summed E-state index contributed by atoms with van der Waals surface area (Å²) in [7, 11) is 1.82. The molecule has 1 aliphatic heterocycles. The van der Waals surface area contributed by atoms with Gasteiger partial charge in [0.15, 0.2) is 5.82 Å². The normalized spacial score (nSPS) is 14.9. The molecule has 0 bridgehead atoms. The highest BCUT2D eigenvalue weighted by atomic mass is 19.1. The molecule has 1 saturated heterocycles. The zero-order chi connectivity index (χ0) is 21.3. The first-order valence-electron chi connectivity index (χ1n) is 10.4. The van der Waals surface area contributed by atoms with Gasteiger partial charge in [-0.05, 0) is 56.7 Å². The average Bonchev–Trinajstić information content (AvgIpc) is 3.14. The number of halogens is 1. The van der Waals surface area contributed by atoms with Crippen LogP contribution in [0.1, 0.15) is 22.6 Å². The molecule has 1 fully saturated rings. The van der Waals surface area contributed by atoms with Gasteiger partial charge in [-0.3, -0.25) is 9.88 Å². The van der Waals surface area contributed by atoms with E-state index in [1.807, 2.05) is 33.0 Å². The first-order valence-corrected chi connectivity index (χ1v) is 10.4. The summed E-state index contributed by atoms with van der Waals surface area (Å²) in [6.07, 6.45) is 1.69. The molecule has 30 heavy (non-hydrogen) atoms. The van der Waals surface area contributed by atoms with Gasteiger partial charge in [-0.15, -0.1) is 0 Å². The van der Waals surface area contributed by atoms with Crippen LogP contribution in [0.4, 0.5) is 15.8 Å². The van der Waals surface area contributed by atoms with Crippen molar-refractivity contribution in [3.8, 4) is 5.69 Å². The highest BCUT2D eigenvalue weighted by Gasteiger charge is 2.21. The van der Waals surface area contributed by atoms with E-state index in [2.05, 4.69) is 44.3 Å². The summed E-state index contributed by atoms with van der Waals surface area (Å²) in [6.45, 7) is 10.5. The maximum Gasteiger partial charge on any atom is 0.151 e. The lowest BCUT2D eigenvalue weighted by Gasteiger charge is -2.36. The first kappa shape index (κ1) is 20.3. The lowest BCUT2D eigenvalue weighted by Crippen LogP contribution is -2.46. The molecule has 4 rings (SSSR count). The summed E-state index contributed by atoms with van der Waals surface area (Å²) in [4.78, 5) is 9.35. The van der Waals surface area contributed by atoms with Crippen molar-refractivity contribution in [3.05, 3.63) is 65.0 Å². The largest absolute Gasteiger partial charge is 0.386 e. The molecule has 0 amide bonds. The number of aromatic nitrogens is 3. The van der Waals surface area contributed by atoms with Crippen molar-refractivity contribution in [2.45, 2.75) is 27.3 Å². The van der Waals surface area contributed by atoms with E-state index in [4.69, 9.17) is 0 Å². The van der Waals surface area contributed by atoms with Crippen molar-refractivity contribution in [2.24, 2.45) is 0 Å². The fourth-order valence-electron chi connectivity index (χ4n) is 4.17. The minimum Gasteiger partial charge on any atom is -0.386 e. The Balaban J connectivity index is 1.47. The quantitative estimate of drug-likeness (QED) is 0.698. The van der Waals surface area contributed by atoms with Crippen molar-refractivity contribution in [1.82, 2.24) is 19.7 Å². The molecule has 6 nitrogen and oxygen atoms in total. The summed E-state index contributed by atoms with van der Waals surface area (Å²) < 4.78 is 16.7. The summed E-state index contributed by atoms with van der Waals surface area (Å²) in [5.41, 5.74) is 6.41. The third-order valence-corrected chi connectivity index (χ3v) is 5.75. The van der Waals surface area contributed by atoms with E-state index >= 15 is 4.39 Å². The van der Waals surface area contributed by atoms with Crippen LogP contribution in [0.15, 0.2) is 36.5 Å². The molecule has 0 aliphatic carbocycles. The number of pyridine rings is 1. The van der Waals surface area contributed by atoms with E-state index in [1.165, 1.54) is 5.69 Å². The maximum absolute atomic E-state index is 15.0. The Kier molecular flexibility index (Phi) is 5.72. The van der Waals surface area contributed by atoms with E-state index < -0.39 is 0 Å². The van der Waals surface area contributed by atoms with Crippen molar-refractivity contribution < 1.29 is 4.39 Å². The van der Waals surface area contributed by atoms with Gasteiger partial charge in [-0.1, -0.05) is 0 Å². The standard InChI is InChI=1S/C23H29FN6/c1-16-5-6-22(18(3)27-16)29-11-9-28(10-12-29)15-19-13-20(24)23(21(14-19)25-4)30-17(2)7-8-26-30/h5-8,13-14,25H,9-12,15H2,1-4H3. The summed E-state index contributed by atoms with van der Waals surface area (Å²) in [5, 5.41) is 7.40. The Bertz CT molecular complexity index is 1040. The van der Waals surface area contributed by atoms with Gasteiger partial charge in [0.25, 0.3) is 0 Å². The van der Waals surface area contributed by atoms with Crippen LogP contribution in [-0.2, 0) is 6.54 Å². The van der Waals surface area contributed by atoms with E-state index in [1.54, 1.807) is 16.9 Å². The molecule has 158 valence electrons. The molecule has 2 aromatic heterocycles. The molecule has 1 N–H and O–H groups in total. The van der Waals surface area contributed by atoms with E-state index in [0.29, 0.717) is 5.69 Å². The van der Waals surface area contributed by atoms with Gasteiger partial charge in [-0.25, -0.2) is 9.07 Å². The second kappa shape index (κ2) is 8.44. The minimum atomic E-state index is -0.261. The van der Waals surface area contributed by atoms with Crippen molar-refractivity contribution in [1.29, 1.82) is 0 Å². The van der Waals surface area contributed by atoms with E-state index in [0.717, 1.165) is 61.1 Å². The molecule has 3 heterocycles. The van der Waals surface area contributed by atoms with Gasteiger partial charge in [0.1, 0.15) is 5.69 Å². The highest BCUT2D eigenvalue weighted by Crippen LogP contribution is 2.27. The fraction of sp³-hybridized carbons (Fsp3) is 0.391. The van der Waals surface area contributed by atoms with Gasteiger partial charge in [0.05, 0.1) is 17.1 Å². The van der Waals surface area contributed by atoms with Crippen LogP contribution < -0.4 is 10.2 Å². The topological polar surface area (TPSA) is 49.2 Å². The number of aryl methyl sites for hydroxylation is 3. The lowest BCUT2D eigenvalue weighted by atomic mass is 10.1. The molecule has 0 radical (unpaired) electrons. The van der Waals surface area contributed by atoms with E-state index in [9.17, 15) is 0 Å². The number of anilines is 2. The van der Waals surface area contributed by atoms with E-state index in [-0.39, 0.29) is 5.82 Å². The van der Waals surface area contributed by atoms with Gasteiger partial charge < -0.3 is 10.2 Å². The molecule has 0 unspecified atom stereocenters. The smallest absolute Gasteiger partial charge is 0.151 e. The Morgan fingerprint density at radius 1 is 1.03 bits per heavy atom. The molecule has 1 aromatic carbocycles. The average molecular weight is 409 g/mol. The number of nitrogens with zero attached hydrogens (tertiary/aromatic N) is 5. The number of benzene rings is 1. The number of hydrogen-bond acceptors (Lipinski definition) is 5. The number of hydrogen-bond donors (Lipinski definition) is 1. The Labute approximate surface area is 177 Å². The third-order valence-electron chi connectivity index (χ3n) is 5.75. The fourth-order valence-corrected chi connectivity index (χ4v) is 4.17. The van der Waals surface area contributed by atoms with Crippen LogP contribution in [0.5, 0.6) is 0 Å². The Morgan fingerprint density at radius 3 is 2.43 bits per heavy atom. The highest BCUT2D eigenvalue weighted by molar-refractivity contribution is 5.63. The van der Waals surface area contributed by atoms with Gasteiger partial charge in [0, 0.05) is 57.4 Å². The molecular formula is C23H29FN6. The predicted molar refractivity (Wildman–Crippen MR) is 119 cm³/mol. The molecule has 1 aliphatic rings. The van der Waals surface area contributed by atoms with Crippen molar-refractivity contribution in [2.75, 3.05) is 43.4 Å². The van der Waals surface area contributed by atoms with Crippen LogP contribution in [0.25, 0.3) is 5.69 Å². The summed E-state index contributed by atoms with van der Waals surface area (Å²) in [6, 6.07) is 9.77. The number of piperazine rings is 1.